The monoisotopic (exact) mass is 297 g/mol. The van der Waals surface area contributed by atoms with E-state index in [9.17, 15) is 9.59 Å². The van der Waals surface area contributed by atoms with E-state index in [0.29, 0.717) is 18.8 Å². The minimum absolute atomic E-state index is 0.0593. The molecule has 0 aliphatic rings. The van der Waals surface area contributed by atoms with Gasteiger partial charge in [0.05, 0.1) is 19.4 Å². The molecule has 1 rings (SSSR count). The van der Waals surface area contributed by atoms with E-state index in [0.717, 1.165) is 25.9 Å². The van der Waals surface area contributed by atoms with Gasteiger partial charge in [-0.05, 0) is 31.4 Å². The molecule has 0 bridgehead atoms. The fraction of sp³-hybridized carbons (Fsp3) is 0.571. The van der Waals surface area contributed by atoms with Crippen LogP contribution in [0.5, 0.6) is 0 Å². The van der Waals surface area contributed by atoms with Crippen LogP contribution in [-0.4, -0.2) is 38.7 Å². The summed E-state index contributed by atoms with van der Waals surface area (Å²) in [6.07, 6.45) is 4.41. The lowest BCUT2D eigenvalue weighted by molar-refractivity contribution is -0.120. The van der Waals surface area contributed by atoms with E-state index in [1.54, 1.807) is 25.5 Å². The van der Waals surface area contributed by atoms with Gasteiger partial charge in [-0.25, -0.2) is 4.79 Å². The maximum Gasteiger partial charge on any atom is 0.315 e. The highest BCUT2D eigenvalue weighted by atomic mass is 16.5. The van der Waals surface area contributed by atoms with E-state index in [1.165, 1.54) is 0 Å². The van der Waals surface area contributed by atoms with E-state index < -0.39 is 0 Å². The van der Waals surface area contributed by atoms with Crippen molar-refractivity contribution in [3.63, 3.8) is 0 Å². The molecule has 0 aliphatic carbocycles. The molecule has 7 heteroatoms. The van der Waals surface area contributed by atoms with Crippen LogP contribution in [0, 0.1) is 0 Å². The molecule has 7 nitrogen and oxygen atoms in total. The average molecular weight is 297 g/mol. The molecule has 0 aromatic carbocycles. The van der Waals surface area contributed by atoms with Crippen molar-refractivity contribution in [1.29, 1.82) is 0 Å². The lowest BCUT2D eigenvalue weighted by Gasteiger charge is -2.07. The number of unbranched alkanes of at least 4 members (excludes halogenated alkanes) is 2. The van der Waals surface area contributed by atoms with Gasteiger partial charge in [0.25, 0.3) is 0 Å². The van der Waals surface area contributed by atoms with Gasteiger partial charge in [-0.1, -0.05) is 0 Å². The predicted molar refractivity (Wildman–Crippen MR) is 77.7 cm³/mol. The number of rotatable bonds is 10. The first-order chi connectivity index (χ1) is 10.2. The summed E-state index contributed by atoms with van der Waals surface area (Å²) in [4.78, 5) is 22.9. The highest BCUT2D eigenvalue weighted by Crippen LogP contribution is 1.98. The van der Waals surface area contributed by atoms with Gasteiger partial charge in [-0.15, -0.1) is 0 Å². The van der Waals surface area contributed by atoms with Crippen molar-refractivity contribution in [2.24, 2.45) is 0 Å². The van der Waals surface area contributed by atoms with Crippen molar-refractivity contribution in [1.82, 2.24) is 16.0 Å². The van der Waals surface area contributed by atoms with Crippen molar-refractivity contribution in [2.45, 2.75) is 25.8 Å². The molecule has 3 amide bonds. The van der Waals surface area contributed by atoms with Gasteiger partial charge in [0.1, 0.15) is 5.76 Å². The second-order valence-electron chi connectivity index (χ2n) is 4.52. The van der Waals surface area contributed by atoms with Crippen LogP contribution in [0.1, 0.15) is 25.0 Å². The maximum atomic E-state index is 11.5. The number of amides is 3. The minimum atomic E-state index is -0.338. The van der Waals surface area contributed by atoms with Gasteiger partial charge >= 0.3 is 6.03 Å². The summed E-state index contributed by atoms with van der Waals surface area (Å²) in [5.74, 6) is 0.408. The average Bonchev–Trinajstić information content (AvgIpc) is 3.00. The minimum Gasteiger partial charge on any atom is -0.467 e. The van der Waals surface area contributed by atoms with Gasteiger partial charge in [0, 0.05) is 20.3 Å². The molecule has 0 radical (unpaired) electrons. The SMILES string of the molecule is COCCCCCNC(=O)NCC(=O)NCc1ccco1. The highest BCUT2D eigenvalue weighted by molar-refractivity contribution is 5.83. The molecule has 1 aromatic heterocycles. The van der Waals surface area contributed by atoms with Crippen LogP contribution < -0.4 is 16.0 Å². The third kappa shape index (κ3) is 8.69. The molecule has 1 aromatic rings. The van der Waals surface area contributed by atoms with Crippen molar-refractivity contribution >= 4 is 11.9 Å². The molecule has 0 saturated heterocycles. The molecular weight excluding hydrogens is 274 g/mol. The first kappa shape index (κ1) is 17.0. The van der Waals surface area contributed by atoms with E-state index in [2.05, 4.69) is 16.0 Å². The molecular formula is C14H23N3O4. The summed E-state index contributed by atoms with van der Waals surface area (Å²) in [6.45, 7) is 1.58. The van der Waals surface area contributed by atoms with E-state index in [-0.39, 0.29) is 18.5 Å². The van der Waals surface area contributed by atoms with Gasteiger partial charge in [-0.2, -0.15) is 0 Å². The second-order valence-corrected chi connectivity index (χ2v) is 4.52. The molecule has 21 heavy (non-hydrogen) atoms. The van der Waals surface area contributed by atoms with Crippen molar-refractivity contribution in [3.8, 4) is 0 Å². The van der Waals surface area contributed by atoms with Crippen LogP contribution in [0.3, 0.4) is 0 Å². The van der Waals surface area contributed by atoms with Gasteiger partial charge in [0.2, 0.25) is 5.91 Å². The molecule has 1 heterocycles. The predicted octanol–water partition coefficient (Wildman–Crippen LogP) is 1.01. The normalized spacial score (nSPS) is 10.1. The summed E-state index contributed by atoms with van der Waals surface area (Å²) >= 11 is 0. The molecule has 0 spiro atoms. The molecule has 118 valence electrons. The van der Waals surface area contributed by atoms with Gasteiger partial charge in [0.15, 0.2) is 0 Å². The van der Waals surface area contributed by atoms with Crippen LogP contribution in [0.4, 0.5) is 4.79 Å². The number of carbonyl (C=O) groups excluding carboxylic acids is 2. The Kier molecular flexibility index (Phi) is 8.70. The third-order valence-electron chi connectivity index (χ3n) is 2.76. The fourth-order valence-electron chi connectivity index (χ4n) is 1.63. The Hall–Kier alpha value is -2.02. The molecule has 0 saturated carbocycles. The smallest absolute Gasteiger partial charge is 0.315 e. The van der Waals surface area contributed by atoms with Crippen LogP contribution in [-0.2, 0) is 16.1 Å². The number of hydrogen-bond donors (Lipinski definition) is 3. The summed E-state index contributed by atoms with van der Waals surface area (Å²) < 4.78 is 10.0. The summed E-state index contributed by atoms with van der Waals surface area (Å²) in [6, 6.07) is 3.18. The van der Waals surface area contributed by atoms with Crippen LogP contribution in [0.15, 0.2) is 22.8 Å². The molecule has 0 fully saturated rings. The van der Waals surface area contributed by atoms with Crippen molar-refractivity contribution < 1.29 is 18.7 Å². The quantitative estimate of drug-likeness (QED) is 0.562. The number of methoxy groups -OCH3 is 1. The van der Waals surface area contributed by atoms with E-state index >= 15 is 0 Å². The topological polar surface area (TPSA) is 92.6 Å². The summed E-state index contributed by atoms with van der Waals surface area (Å²) in [5, 5.41) is 7.83. The largest absolute Gasteiger partial charge is 0.467 e. The molecule has 0 aliphatic heterocycles. The summed E-state index contributed by atoms with van der Waals surface area (Å²) in [5.41, 5.74) is 0. The zero-order valence-electron chi connectivity index (χ0n) is 12.3. The Morgan fingerprint density at radius 2 is 2.05 bits per heavy atom. The van der Waals surface area contributed by atoms with Gasteiger partial charge in [-0.3, -0.25) is 4.79 Å². The van der Waals surface area contributed by atoms with Gasteiger partial charge < -0.3 is 25.1 Å². The Bertz CT molecular complexity index is 406. The highest BCUT2D eigenvalue weighted by Gasteiger charge is 2.05. The standard InChI is InChI=1S/C14H23N3O4/c1-20-8-4-2-3-7-15-14(19)17-11-13(18)16-10-12-6-5-9-21-12/h5-6,9H,2-4,7-8,10-11H2,1H3,(H,16,18)(H2,15,17,19). The Morgan fingerprint density at radius 1 is 1.19 bits per heavy atom. The van der Waals surface area contributed by atoms with Crippen molar-refractivity contribution in [2.75, 3.05) is 26.8 Å². The van der Waals surface area contributed by atoms with Crippen LogP contribution in [0.2, 0.25) is 0 Å². The zero-order chi connectivity index (χ0) is 15.3. The van der Waals surface area contributed by atoms with Crippen molar-refractivity contribution in [3.05, 3.63) is 24.2 Å². The van der Waals surface area contributed by atoms with Crippen LogP contribution >= 0.6 is 0 Å². The number of furan rings is 1. The first-order valence-electron chi connectivity index (χ1n) is 7.02. The number of carbonyl (C=O) groups is 2. The van der Waals surface area contributed by atoms with E-state index in [1.807, 2.05) is 0 Å². The first-order valence-corrected chi connectivity index (χ1v) is 7.02. The maximum absolute atomic E-state index is 11.5. The summed E-state index contributed by atoms with van der Waals surface area (Å²) in [7, 11) is 1.67. The molecule has 0 atom stereocenters. The third-order valence-corrected chi connectivity index (χ3v) is 2.76. The lowest BCUT2D eigenvalue weighted by atomic mass is 10.2. The lowest BCUT2D eigenvalue weighted by Crippen LogP contribution is -2.42. The number of hydrogen-bond acceptors (Lipinski definition) is 4. The number of ether oxygens (including phenoxy) is 1. The number of nitrogens with one attached hydrogen (secondary N) is 3. The van der Waals surface area contributed by atoms with E-state index in [4.69, 9.17) is 9.15 Å². The molecule has 3 N–H and O–H groups in total. The fourth-order valence-corrected chi connectivity index (χ4v) is 1.63. The Labute approximate surface area is 124 Å². The Morgan fingerprint density at radius 3 is 2.76 bits per heavy atom. The zero-order valence-corrected chi connectivity index (χ0v) is 12.3. The Balaban J connectivity index is 1.97. The number of urea groups is 1. The van der Waals surface area contributed by atoms with Crippen LogP contribution in [0.25, 0.3) is 0 Å². The molecule has 0 unspecified atom stereocenters. The second kappa shape index (κ2) is 10.7.